The van der Waals surface area contributed by atoms with Gasteiger partial charge in [0.2, 0.25) is 5.88 Å². The van der Waals surface area contributed by atoms with Crippen molar-refractivity contribution in [1.82, 2.24) is 39.8 Å². The van der Waals surface area contributed by atoms with Crippen LogP contribution in [0, 0.1) is 31.5 Å². The first-order valence-corrected chi connectivity index (χ1v) is 25.3. The third kappa shape index (κ3) is 11.5. The second-order valence-corrected chi connectivity index (χ2v) is 19.7. The predicted octanol–water partition coefficient (Wildman–Crippen LogP) is 9.57. The van der Waals surface area contributed by atoms with Crippen molar-refractivity contribution in [2.24, 2.45) is 11.8 Å². The molecule has 0 bridgehead atoms. The summed E-state index contributed by atoms with van der Waals surface area (Å²) in [5.41, 5.74) is 9.71. The van der Waals surface area contributed by atoms with Crippen LogP contribution in [-0.2, 0) is 9.47 Å². The number of rotatable bonds is 15. The summed E-state index contributed by atoms with van der Waals surface area (Å²) in [5.74, 6) is 1.11. The molecule has 71 heavy (non-hydrogen) atoms. The van der Waals surface area contributed by atoms with E-state index in [2.05, 4.69) is 57.4 Å². The third-order valence-corrected chi connectivity index (χ3v) is 13.8. The molecule has 0 unspecified atom stereocenters. The normalized spacial score (nSPS) is 16.3. The van der Waals surface area contributed by atoms with Gasteiger partial charge in [-0.2, -0.15) is 5.10 Å². The maximum absolute atomic E-state index is 14.7. The first kappa shape index (κ1) is 48.0. The number of ether oxygens (including phenoxy) is 4. The lowest BCUT2D eigenvalue weighted by atomic mass is 10.0. The van der Waals surface area contributed by atoms with E-state index < -0.39 is 5.82 Å². The molecule has 18 heteroatoms. The number of halogens is 2. The highest BCUT2D eigenvalue weighted by Crippen LogP contribution is 2.34. The van der Waals surface area contributed by atoms with Crippen molar-refractivity contribution in [2.45, 2.75) is 77.3 Å². The molecule has 0 spiro atoms. The van der Waals surface area contributed by atoms with Gasteiger partial charge in [0.05, 0.1) is 42.3 Å². The first-order valence-electron chi connectivity index (χ1n) is 24.5. The van der Waals surface area contributed by atoms with Crippen molar-refractivity contribution in [3.05, 3.63) is 112 Å². The number of amides is 2. The molecule has 4 aromatic heterocycles. The minimum absolute atomic E-state index is 0.00478. The zero-order chi connectivity index (χ0) is 49.0. The van der Waals surface area contributed by atoms with E-state index in [0.717, 1.165) is 152 Å². The third-order valence-electron chi connectivity index (χ3n) is 13.4. The summed E-state index contributed by atoms with van der Waals surface area (Å²) in [6.07, 6.45) is 11.9. The zero-order valence-corrected chi connectivity index (χ0v) is 41.7. The van der Waals surface area contributed by atoms with Crippen molar-refractivity contribution in [1.29, 1.82) is 0 Å². The molecular weight excluding hydrogens is 972 g/mol. The lowest BCUT2D eigenvalue weighted by molar-refractivity contribution is 0.0698. The monoisotopic (exact) mass is 1030 g/mol. The molecule has 2 amide bonds. The number of benzene rings is 3. The van der Waals surface area contributed by atoms with E-state index in [4.69, 9.17) is 18.9 Å². The molecule has 16 nitrogen and oxygen atoms in total. The van der Waals surface area contributed by atoms with Gasteiger partial charge in [-0.25, -0.2) is 23.4 Å². The van der Waals surface area contributed by atoms with Crippen molar-refractivity contribution in [3.8, 4) is 39.9 Å². The molecule has 11 rings (SSSR count). The van der Waals surface area contributed by atoms with Crippen molar-refractivity contribution in [3.63, 3.8) is 0 Å². The fourth-order valence-electron chi connectivity index (χ4n) is 8.94. The number of fused-ring (bicyclic) bond motifs is 2. The predicted molar refractivity (Wildman–Crippen MR) is 272 cm³/mol. The van der Waals surface area contributed by atoms with Crippen LogP contribution in [0.25, 0.3) is 33.8 Å². The Kier molecular flexibility index (Phi) is 14.5. The van der Waals surface area contributed by atoms with Gasteiger partial charge in [0.25, 0.3) is 11.8 Å². The molecule has 2 aliphatic heterocycles. The molecule has 6 heterocycles. The maximum atomic E-state index is 14.7. The topological polar surface area (TPSA) is 180 Å². The minimum atomic E-state index is -0.556. The van der Waals surface area contributed by atoms with Gasteiger partial charge < -0.3 is 40.2 Å². The molecule has 370 valence electrons. The maximum Gasteiger partial charge on any atom is 0.251 e. The van der Waals surface area contributed by atoms with Gasteiger partial charge in [0, 0.05) is 86.0 Å². The van der Waals surface area contributed by atoms with Crippen LogP contribution in [0.1, 0.15) is 83.2 Å². The molecule has 4 N–H and O–H groups in total. The summed E-state index contributed by atoms with van der Waals surface area (Å²) in [4.78, 5) is 34.4. The molecule has 7 aromatic rings. The van der Waals surface area contributed by atoms with E-state index >= 15 is 0 Å². The number of nitrogens with zero attached hydrogens (tertiary/aromatic N) is 6. The van der Waals surface area contributed by atoms with Gasteiger partial charge in [-0.3, -0.25) is 9.59 Å². The zero-order valence-electron chi connectivity index (χ0n) is 40.1. The Balaban J connectivity index is 0.000000169. The minimum Gasteiger partial charge on any atom is -0.497 e. The number of imidazole rings is 2. The van der Waals surface area contributed by atoms with Crippen LogP contribution in [0.2, 0.25) is 0 Å². The highest BCUT2D eigenvalue weighted by Gasteiger charge is 2.27. The Morgan fingerprint density at radius 2 is 1.18 bits per heavy atom. The van der Waals surface area contributed by atoms with Crippen LogP contribution >= 0.6 is 15.9 Å². The standard InChI is InChI=1S/C30H32FN5O4.C23H26BrN5O2/c1-18-13-20(3-7-23(18)30(37)34-21-4-5-21)26-17-33-29-25(32-16-19-9-11-39-12-10-19)15-28(35-36(26)29)40-27-8-6-22(38-2)14-24(27)31;1-14-10-16(2-5-18(14)23(30)27-17-3-4-17)20-13-26-22-19(11-21(24)28-29(20)22)25-12-15-6-8-31-9-7-15/h3,6-8,13-15,17,19,21,32H,4-5,9-12,16H2,1-2H3,(H,34,37);2,5,10-11,13,15,17,25H,3-4,6-9,12H2,1H3,(H,27,30). The van der Waals surface area contributed by atoms with Crippen LogP contribution in [0.3, 0.4) is 0 Å². The van der Waals surface area contributed by atoms with Crippen molar-refractivity contribution < 1.29 is 32.9 Å². The highest BCUT2D eigenvalue weighted by atomic mass is 79.9. The number of methoxy groups -OCH3 is 1. The number of hydrogen-bond acceptors (Lipinski definition) is 12. The van der Waals surface area contributed by atoms with Gasteiger partial charge >= 0.3 is 0 Å². The fraction of sp³-hybridized carbons (Fsp3) is 0.396. The Morgan fingerprint density at radius 1 is 0.676 bits per heavy atom. The number of hydrogen-bond donors (Lipinski definition) is 4. The van der Waals surface area contributed by atoms with Crippen LogP contribution in [0.15, 0.2) is 83.7 Å². The highest BCUT2D eigenvalue weighted by molar-refractivity contribution is 9.10. The number of aromatic nitrogens is 6. The number of carbonyl (C=O) groups excluding carboxylic acids is 2. The van der Waals surface area contributed by atoms with Gasteiger partial charge in [-0.15, -0.1) is 5.10 Å². The van der Waals surface area contributed by atoms with Crippen molar-refractivity contribution in [2.75, 3.05) is 57.3 Å². The van der Waals surface area contributed by atoms with Gasteiger partial charge in [0.1, 0.15) is 10.4 Å². The molecule has 0 atom stereocenters. The summed E-state index contributed by atoms with van der Waals surface area (Å²) in [6.45, 7) is 8.71. The average Bonchev–Trinajstić information content (AvgIpc) is 4.30. The summed E-state index contributed by atoms with van der Waals surface area (Å²) in [7, 11) is 1.48. The number of nitrogens with one attached hydrogen (secondary N) is 4. The van der Waals surface area contributed by atoms with Crippen LogP contribution in [-0.4, -0.2) is 99.7 Å². The second kappa shape index (κ2) is 21.4. The number of anilines is 2. The SMILES string of the molecule is COc1ccc(Oc2cc(NCC3CCOCC3)c3ncc(-c4ccc(C(=O)NC5CC5)c(C)c4)n3n2)c(F)c1.Cc1cc(-c2cnc3c(NCC4CCOCC4)cc(Br)nn23)ccc1C(=O)NC1CC1. The number of aryl methyl sites for hydroxylation is 2. The van der Waals surface area contributed by atoms with E-state index in [0.29, 0.717) is 34.8 Å². The van der Waals surface area contributed by atoms with E-state index in [1.807, 2.05) is 67.0 Å². The fourth-order valence-corrected chi connectivity index (χ4v) is 9.33. The molecule has 2 saturated heterocycles. The second-order valence-electron chi connectivity index (χ2n) is 18.9. The smallest absolute Gasteiger partial charge is 0.251 e. The Morgan fingerprint density at radius 3 is 1.66 bits per heavy atom. The average molecular weight is 1030 g/mol. The van der Waals surface area contributed by atoms with Crippen LogP contribution in [0.5, 0.6) is 17.4 Å². The van der Waals surface area contributed by atoms with Crippen LogP contribution < -0.4 is 30.7 Å². The van der Waals surface area contributed by atoms with Crippen molar-refractivity contribution >= 4 is 50.4 Å². The van der Waals surface area contributed by atoms with Crippen LogP contribution in [0.4, 0.5) is 15.8 Å². The van der Waals surface area contributed by atoms with E-state index in [1.54, 1.807) is 22.8 Å². The largest absolute Gasteiger partial charge is 0.497 e. The quantitative estimate of drug-likeness (QED) is 0.0766. The Labute approximate surface area is 419 Å². The molecule has 4 aliphatic rings. The summed E-state index contributed by atoms with van der Waals surface area (Å²) >= 11 is 3.54. The number of carbonyl (C=O) groups is 2. The molecule has 0 radical (unpaired) electrons. The lowest BCUT2D eigenvalue weighted by Gasteiger charge is -2.22. The van der Waals surface area contributed by atoms with Gasteiger partial charge in [-0.05, 0) is 147 Å². The first-order chi connectivity index (χ1) is 34.6. The van der Waals surface area contributed by atoms with E-state index in [1.165, 1.54) is 19.2 Å². The molecule has 2 aliphatic carbocycles. The molecule has 2 saturated carbocycles. The van der Waals surface area contributed by atoms with E-state index in [9.17, 15) is 14.0 Å². The molecular formula is C53H58BrFN10O6. The Bertz CT molecular complexity index is 3070. The molecule has 3 aromatic carbocycles. The van der Waals surface area contributed by atoms with Gasteiger partial charge in [-0.1, -0.05) is 12.1 Å². The molecule has 4 fully saturated rings. The Hall–Kier alpha value is -6.63. The lowest BCUT2D eigenvalue weighted by Crippen LogP contribution is -2.26. The van der Waals surface area contributed by atoms with Gasteiger partial charge in [0.15, 0.2) is 22.9 Å². The summed E-state index contributed by atoms with van der Waals surface area (Å²) in [6, 6.07) is 20.3. The van der Waals surface area contributed by atoms with E-state index in [-0.39, 0.29) is 29.5 Å². The summed E-state index contributed by atoms with van der Waals surface area (Å²) in [5, 5.41) is 22.5. The summed E-state index contributed by atoms with van der Waals surface area (Å²) < 4.78 is 41.0.